The van der Waals surface area contributed by atoms with Gasteiger partial charge in [0.15, 0.2) is 0 Å². The second-order valence-electron chi connectivity index (χ2n) is 7.49. The van der Waals surface area contributed by atoms with E-state index < -0.39 is 0 Å². The molecule has 0 aliphatic rings. The van der Waals surface area contributed by atoms with Crippen molar-refractivity contribution in [2.45, 2.75) is 27.2 Å². The van der Waals surface area contributed by atoms with Crippen molar-refractivity contribution in [3.63, 3.8) is 0 Å². The van der Waals surface area contributed by atoms with Gasteiger partial charge in [0.1, 0.15) is 0 Å². The maximum absolute atomic E-state index is 3.60. The van der Waals surface area contributed by atoms with Gasteiger partial charge >= 0.3 is 26.2 Å². The third-order valence-corrected chi connectivity index (χ3v) is 5.40. The van der Waals surface area contributed by atoms with Crippen LogP contribution in [0.2, 0.25) is 0 Å². The molecule has 0 heterocycles. The Morgan fingerprint density at radius 3 is 0.969 bits per heavy atom. The molecule has 0 saturated carbocycles. The number of hydrogen-bond donors (Lipinski definition) is 0. The summed E-state index contributed by atoms with van der Waals surface area (Å²) in [5, 5.41) is 10.8. The fourth-order valence-electron chi connectivity index (χ4n) is 3.81. The van der Waals surface area contributed by atoms with Crippen molar-refractivity contribution >= 4 is 43.1 Å². The second-order valence-corrected chi connectivity index (χ2v) is 7.49. The van der Waals surface area contributed by atoms with Crippen molar-refractivity contribution in [3.05, 3.63) is 116 Å². The normalized spacial score (nSPS) is 9.94. The second kappa shape index (κ2) is 12.5. The summed E-state index contributed by atoms with van der Waals surface area (Å²) in [5.74, 6) is 0. The van der Waals surface area contributed by atoms with Crippen molar-refractivity contribution in [3.8, 4) is 0 Å². The summed E-state index contributed by atoms with van der Waals surface area (Å²) in [6.07, 6.45) is 2.28. The zero-order valence-electron chi connectivity index (χ0n) is 18.0. The molecule has 0 bridgehead atoms. The van der Waals surface area contributed by atoms with Crippen molar-refractivity contribution < 1.29 is 26.2 Å². The quantitative estimate of drug-likeness (QED) is 0.200. The van der Waals surface area contributed by atoms with E-state index in [4.69, 9.17) is 0 Å². The molecular formula is C31H31Zr. The van der Waals surface area contributed by atoms with Crippen LogP contribution >= 0.6 is 0 Å². The summed E-state index contributed by atoms with van der Waals surface area (Å²) in [5.41, 5.74) is 0. The molecular weight excluding hydrogens is 464 g/mol. The maximum atomic E-state index is 3.60. The van der Waals surface area contributed by atoms with Crippen LogP contribution in [-0.4, -0.2) is 0 Å². The predicted octanol–water partition coefficient (Wildman–Crippen LogP) is 9.68. The smallest absolute Gasteiger partial charge is 0.343 e. The monoisotopic (exact) mass is 493 g/mol. The minimum atomic E-state index is 0. The van der Waals surface area contributed by atoms with E-state index in [1.54, 1.807) is 0 Å². The van der Waals surface area contributed by atoms with Crippen LogP contribution in [0.15, 0.2) is 109 Å². The molecule has 0 aromatic heterocycles. The van der Waals surface area contributed by atoms with Crippen LogP contribution in [0.5, 0.6) is 0 Å². The molecule has 1 radical (unpaired) electrons. The van der Waals surface area contributed by atoms with Crippen molar-refractivity contribution in [2.24, 2.45) is 0 Å². The summed E-state index contributed by atoms with van der Waals surface area (Å²) >= 11 is 0. The Morgan fingerprint density at radius 2 is 0.750 bits per heavy atom. The molecule has 6 aromatic carbocycles. The Hall–Kier alpha value is -2.50. The largest absolute Gasteiger partial charge is 3.00 e. The Kier molecular flexibility index (Phi) is 10.1. The Balaban J connectivity index is 0.000000185. The fraction of sp³-hybridized carbons (Fsp3) is 0.129. The number of unbranched alkanes of at least 4 members (excludes halogenated alkanes) is 1. The molecule has 0 unspecified atom stereocenters. The zero-order valence-corrected chi connectivity index (χ0v) is 20.5. The van der Waals surface area contributed by atoms with Crippen LogP contribution in [0.4, 0.5) is 0 Å². The molecule has 32 heavy (non-hydrogen) atoms. The minimum Gasteiger partial charge on any atom is -0.343 e. The van der Waals surface area contributed by atoms with Gasteiger partial charge in [0, 0.05) is 0 Å². The Morgan fingerprint density at radius 1 is 0.531 bits per heavy atom. The van der Waals surface area contributed by atoms with Gasteiger partial charge in [-0.1, -0.05) is 93.6 Å². The van der Waals surface area contributed by atoms with Gasteiger partial charge in [-0.05, 0) is 0 Å². The standard InChI is InChI=1S/2C13H9.C4H9.CH4.Zr/c2*1-3-7-12-10(5-1)9-11-6-2-4-8-13(11)12;1-3-4-2;;/h2*1-9H;1,3-4H2,2H3;1H4;/q3*-1;;+3. The molecule has 0 atom stereocenters. The third-order valence-electron chi connectivity index (χ3n) is 5.40. The van der Waals surface area contributed by atoms with Gasteiger partial charge in [-0.3, -0.25) is 0 Å². The number of benzene rings is 4. The first-order chi connectivity index (χ1) is 14.8. The van der Waals surface area contributed by atoms with E-state index in [0.717, 1.165) is 6.42 Å². The molecule has 0 nitrogen and oxygen atoms in total. The van der Waals surface area contributed by atoms with E-state index in [1.807, 2.05) is 0 Å². The first-order valence-electron chi connectivity index (χ1n) is 10.7. The van der Waals surface area contributed by atoms with Crippen LogP contribution in [0.3, 0.4) is 0 Å². The summed E-state index contributed by atoms with van der Waals surface area (Å²) in [6, 6.07) is 38.5. The molecule has 0 saturated heterocycles. The average Bonchev–Trinajstić information content (AvgIpc) is 3.38. The molecule has 6 rings (SSSR count). The topological polar surface area (TPSA) is 0 Å². The van der Waals surface area contributed by atoms with E-state index in [9.17, 15) is 0 Å². The van der Waals surface area contributed by atoms with Gasteiger partial charge in [0.05, 0.1) is 0 Å². The first-order valence-corrected chi connectivity index (χ1v) is 10.7. The summed E-state index contributed by atoms with van der Waals surface area (Å²) in [6.45, 7) is 5.72. The van der Waals surface area contributed by atoms with Gasteiger partial charge in [-0.15, -0.1) is 79.5 Å². The molecule has 0 amide bonds. The van der Waals surface area contributed by atoms with Crippen LogP contribution in [-0.2, 0) is 26.2 Å². The molecule has 0 spiro atoms. The zero-order chi connectivity index (χ0) is 20.8. The van der Waals surface area contributed by atoms with Gasteiger partial charge in [0.2, 0.25) is 0 Å². The maximum Gasteiger partial charge on any atom is 3.00 e. The van der Waals surface area contributed by atoms with Gasteiger partial charge in [0.25, 0.3) is 0 Å². The summed E-state index contributed by atoms with van der Waals surface area (Å²) in [4.78, 5) is 0. The fourth-order valence-corrected chi connectivity index (χ4v) is 3.81. The Labute approximate surface area is 211 Å². The third kappa shape index (κ3) is 5.64. The molecule has 159 valence electrons. The van der Waals surface area contributed by atoms with Crippen molar-refractivity contribution in [2.75, 3.05) is 0 Å². The summed E-state index contributed by atoms with van der Waals surface area (Å²) < 4.78 is 0. The molecule has 6 aromatic rings. The van der Waals surface area contributed by atoms with Crippen LogP contribution in [0.25, 0.3) is 43.1 Å². The van der Waals surface area contributed by atoms with E-state index in [1.165, 1.54) is 49.5 Å². The van der Waals surface area contributed by atoms with E-state index in [-0.39, 0.29) is 33.6 Å². The SMILES string of the molecule is C.[CH2-]CCC.[Zr+3].c1ccc2c(c1)[cH-]c1ccccc12.c1ccc2c(c1)[cH-]c1ccccc12. The molecule has 0 aliphatic heterocycles. The van der Waals surface area contributed by atoms with Crippen molar-refractivity contribution in [1.82, 2.24) is 0 Å². The van der Waals surface area contributed by atoms with Crippen LogP contribution in [0, 0.1) is 6.92 Å². The summed E-state index contributed by atoms with van der Waals surface area (Å²) in [7, 11) is 0. The molecule has 1 heteroatoms. The molecule has 0 fully saturated rings. The van der Waals surface area contributed by atoms with E-state index in [2.05, 4.69) is 123 Å². The van der Waals surface area contributed by atoms with Crippen LogP contribution in [0.1, 0.15) is 27.2 Å². The number of hydrogen-bond acceptors (Lipinski definition) is 0. The Bertz CT molecular complexity index is 1160. The van der Waals surface area contributed by atoms with E-state index >= 15 is 0 Å². The van der Waals surface area contributed by atoms with Gasteiger partial charge < -0.3 is 6.92 Å². The van der Waals surface area contributed by atoms with Gasteiger partial charge in [-0.2, -0.15) is 6.42 Å². The van der Waals surface area contributed by atoms with E-state index in [0.29, 0.717) is 0 Å². The number of fused-ring (bicyclic) bond motifs is 6. The average molecular weight is 495 g/mol. The number of rotatable bonds is 1. The first kappa shape index (κ1) is 25.8. The van der Waals surface area contributed by atoms with Crippen LogP contribution < -0.4 is 0 Å². The molecule has 0 N–H and O–H groups in total. The predicted molar refractivity (Wildman–Crippen MR) is 141 cm³/mol. The van der Waals surface area contributed by atoms with Crippen molar-refractivity contribution in [1.29, 1.82) is 0 Å². The minimum absolute atomic E-state index is 0. The van der Waals surface area contributed by atoms with Gasteiger partial charge in [-0.25, -0.2) is 0 Å². The molecule has 0 aliphatic carbocycles.